The van der Waals surface area contributed by atoms with Crippen LogP contribution >= 0.6 is 11.6 Å². The Labute approximate surface area is 216 Å². The summed E-state index contributed by atoms with van der Waals surface area (Å²) in [4.78, 5) is 17.5. The number of aromatic nitrogens is 3. The summed E-state index contributed by atoms with van der Waals surface area (Å²) in [5.74, 6) is -0.341. The molecule has 0 amide bonds. The highest BCUT2D eigenvalue weighted by atomic mass is 35.5. The number of rotatable bonds is 9. The number of methoxy groups -OCH3 is 1. The fourth-order valence-corrected chi connectivity index (χ4v) is 5.37. The minimum atomic E-state index is -0.341. The van der Waals surface area contributed by atoms with E-state index in [1.54, 1.807) is 0 Å². The van der Waals surface area contributed by atoms with Gasteiger partial charge in [-0.25, -0.2) is 4.79 Å². The monoisotopic (exact) mass is 502 g/mol. The van der Waals surface area contributed by atoms with E-state index < -0.39 is 0 Å². The fraction of sp³-hybridized carbons (Fsp3) is 0.310. The lowest BCUT2D eigenvalue weighted by Crippen LogP contribution is -2.29. The first-order valence-electron chi connectivity index (χ1n) is 12.4. The SMILES string of the molecule is CCn1cc(CN(CCc2c[nH]c3cc(Cl)ccc23)C2CCc3cc(/C=C/C(=O)OC)ccc32)cn1. The number of hydrogen-bond donors (Lipinski definition) is 1. The van der Waals surface area contributed by atoms with Crippen LogP contribution in [-0.4, -0.2) is 39.3 Å². The maximum Gasteiger partial charge on any atom is 0.330 e. The Hall–Kier alpha value is -3.35. The summed E-state index contributed by atoms with van der Waals surface area (Å²) in [6.45, 7) is 4.76. The van der Waals surface area contributed by atoms with E-state index in [1.807, 2.05) is 29.1 Å². The number of aryl methyl sites for hydroxylation is 2. The number of aromatic amines is 1. The first-order valence-corrected chi connectivity index (χ1v) is 12.8. The molecule has 0 saturated carbocycles. The van der Waals surface area contributed by atoms with Crippen LogP contribution in [-0.2, 0) is 35.5 Å². The number of nitrogens with one attached hydrogen (secondary N) is 1. The zero-order valence-corrected chi connectivity index (χ0v) is 21.5. The molecule has 0 saturated heterocycles. The van der Waals surface area contributed by atoms with Gasteiger partial charge in [0.15, 0.2) is 0 Å². The van der Waals surface area contributed by atoms with Crippen molar-refractivity contribution in [1.29, 1.82) is 0 Å². The maximum absolute atomic E-state index is 11.5. The molecule has 5 rings (SSSR count). The predicted octanol–water partition coefficient (Wildman–Crippen LogP) is 5.96. The third-order valence-electron chi connectivity index (χ3n) is 7.06. The maximum atomic E-state index is 11.5. The number of carbonyl (C=O) groups excluding carboxylic acids is 1. The van der Waals surface area contributed by atoms with Gasteiger partial charge in [-0.1, -0.05) is 35.9 Å². The average Bonchev–Trinajstić information content (AvgIpc) is 3.62. The summed E-state index contributed by atoms with van der Waals surface area (Å²) in [5.41, 5.74) is 7.35. The van der Waals surface area contributed by atoms with Gasteiger partial charge in [0.05, 0.1) is 13.3 Å². The predicted molar refractivity (Wildman–Crippen MR) is 144 cm³/mol. The van der Waals surface area contributed by atoms with E-state index in [-0.39, 0.29) is 5.97 Å². The Bertz CT molecular complexity index is 1400. The van der Waals surface area contributed by atoms with Crippen molar-refractivity contribution in [3.63, 3.8) is 0 Å². The van der Waals surface area contributed by atoms with Crippen molar-refractivity contribution in [2.75, 3.05) is 13.7 Å². The number of carbonyl (C=O) groups is 1. The van der Waals surface area contributed by atoms with E-state index in [9.17, 15) is 4.79 Å². The van der Waals surface area contributed by atoms with Crippen LogP contribution < -0.4 is 0 Å². The van der Waals surface area contributed by atoms with Gasteiger partial charge < -0.3 is 9.72 Å². The molecule has 1 aliphatic carbocycles. The number of ether oxygens (including phenoxy) is 1. The molecule has 0 aliphatic heterocycles. The summed E-state index contributed by atoms with van der Waals surface area (Å²) in [6.07, 6.45) is 12.6. The van der Waals surface area contributed by atoms with Crippen molar-refractivity contribution in [3.05, 3.63) is 93.9 Å². The molecule has 0 spiro atoms. The van der Waals surface area contributed by atoms with Gasteiger partial charge in [-0.15, -0.1) is 0 Å². The van der Waals surface area contributed by atoms with Gasteiger partial charge in [-0.2, -0.15) is 5.10 Å². The lowest BCUT2D eigenvalue weighted by Gasteiger charge is -2.29. The van der Waals surface area contributed by atoms with E-state index in [1.165, 1.54) is 40.8 Å². The highest BCUT2D eigenvalue weighted by Crippen LogP contribution is 2.37. The van der Waals surface area contributed by atoms with Crippen LogP contribution in [0.15, 0.2) is 61.1 Å². The summed E-state index contributed by atoms with van der Waals surface area (Å²) in [5, 5.41) is 6.47. The Morgan fingerprint density at radius 2 is 2.19 bits per heavy atom. The van der Waals surface area contributed by atoms with Crippen molar-refractivity contribution in [3.8, 4) is 0 Å². The van der Waals surface area contributed by atoms with Crippen LogP contribution in [0.3, 0.4) is 0 Å². The third kappa shape index (κ3) is 5.25. The van der Waals surface area contributed by atoms with Gasteiger partial charge >= 0.3 is 5.97 Å². The van der Waals surface area contributed by atoms with Crippen LogP contribution in [0.5, 0.6) is 0 Å². The molecule has 36 heavy (non-hydrogen) atoms. The molecule has 4 aromatic rings. The van der Waals surface area contributed by atoms with Crippen LogP contribution in [0.4, 0.5) is 0 Å². The van der Waals surface area contributed by atoms with E-state index >= 15 is 0 Å². The molecule has 0 fully saturated rings. The number of H-pyrrole nitrogens is 1. The van der Waals surface area contributed by atoms with Gasteiger partial charge in [0.2, 0.25) is 0 Å². The van der Waals surface area contributed by atoms with E-state index in [2.05, 4.69) is 58.6 Å². The van der Waals surface area contributed by atoms with Crippen LogP contribution in [0.2, 0.25) is 5.02 Å². The average molecular weight is 503 g/mol. The quantitative estimate of drug-likeness (QED) is 0.227. The standard InChI is InChI=1S/C29H31ClN4O2/c1-3-34-19-21(16-32-34)18-33(13-12-23-17-31-27-15-24(30)7-9-25(23)27)28-10-6-22-14-20(4-8-26(22)28)5-11-29(35)36-2/h4-5,7-9,11,14-17,19,28,31H,3,6,10,12-13,18H2,1-2H3/b11-5+. The van der Waals surface area contributed by atoms with Crippen molar-refractivity contribution < 1.29 is 9.53 Å². The zero-order chi connectivity index (χ0) is 25.1. The van der Waals surface area contributed by atoms with E-state index in [0.717, 1.165) is 55.0 Å². The van der Waals surface area contributed by atoms with Gasteiger partial charge in [0, 0.05) is 65.6 Å². The molecule has 1 unspecified atom stereocenters. The number of halogens is 1. The minimum absolute atomic E-state index is 0.336. The molecule has 1 atom stereocenters. The fourth-order valence-electron chi connectivity index (χ4n) is 5.20. The third-order valence-corrected chi connectivity index (χ3v) is 7.30. The molecule has 1 aliphatic rings. The number of hydrogen-bond acceptors (Lipinski definition) is 4. The minimum Gasteiger partial charge on any atom is -0.466 e. The second-order valence-electron chi connectivity index (χ2n) is 9.30. The molecular formula is C29H31ClN4O2. The van der Waals surface area contributed by atoms with Crippen molar-refractivity contribution >= 4 is 34.5 Å². The number of nitrogens with zero attached hydrogens (tertiary/aromatic N) is 3. The van der Waals surface area contributed by atoms with Gasteiger partial charge in [-0.05, 0) is 66.6 Å². The van der Waals surface area contributed by atoms with Crippen LogP contribution in [0.25, 0.3) is 17.0 Å². The summed E-state index contributed by atoms with van der Waals surface area (Å²) >= 11 is 6.18. The van der Waals surface area contributed by atoms with Crippen LogP contribution in [0.1, 0.15) is 47.2 Å². The molecule has 2 aromatic heterocycles. The molecule has 2 aromatic carbocycles. The highest BCUT2D eigenvalue weighted by molar-refractivity contribution is 6.31. The summed E-state index contributed by atoms with van der Waals surface area (Å²) in [7, 11) is 1.39. The molecule has 7 heteroatoms. The lowest BCUT2D eigenvalue weighted by molar-refractivity contribution is -0.134. The smallest absolute Gasteiger partial charge is 0.330 e. The first kappa shape index (κ1) is 24.3. The van der Waals surface area contributed by atoms with Crippen molar-refractivity contribution in [1.82, 2.24) is 19.7 Å². The first-order chi connectivity index (χ1) is 17.5. The number of esters is 1. The Balaban J connectivity index is 1.39. The molecule has 1 N–H and O–H groups in total. The Morgan fingerprint density at radius 3 is 3.00 bits per heavy atom. The normalized spacial score (nSPS) is 15.3. The lowest BCUT2D eigenvalue weighted by atomic mass is 10.0. The van der Waals surface area contributed by atoms with E-state index in [0.29, 0.717) is 6.04 Å². The Morgan fingerprint density at radius 1 is 1.31 bits per heavy atom. The summed E-state index contributed by atoms with van der Waals surface area (Å²) in [6, 6.07) is 12.9. The molecule has 6 nitrogen and oxygen atoms in total. The van der Waals surface area contributed by atoms with Crippen molar-refractivity contribution in [2.45, 2.75) is 45.3 Å². The molecular weight excluding hydrogens is 472 g/mol. The summed E-state index contributed by atoms with van der Waals surface area (Å²) < 4.78 is 6.71. The largest absolute Gasteiger partial charge is 0.466 e. The molecule has 2 heterocycles. The second-order valence-corrected chi connectivity index (χ2v) is 9.73. The second kappa shape index (κ2) is 10.7. The topological polar surface area (TPSA) is 63.2 Å². The molecule has 0 radical (unpaired) electrons. The molecule has 0 bridgehead atoms. The van der Waals surface area contributed by atoms with Gasteiger partial charge in [0.1, 0.15) is 0 Å². The van der Waals surface area contributed by atoms with E-state index in [4.69, 9.17) is 16.3 Å². The molecule has 186 valence electrons. The van der Waals surface area contributed by atoms with Gasteiger partial charge in [-0.3, -0.25) is 9.58 Å². The number of fused-ring (bicyclic) bond motifs is 2. The number of benzene rings is 2. The van der Waals surface area contributed by atoms with Crippen LogP contribution in [0, 0.1) is 0 Å². The van der Waals surface area contributed by atoms with Crippen molar-refractivity contribution in [2.24, 2.45) is 0 Å². The van der Waals surface area contributed by atoms with Gasteiger partial charge in [0.25, 0.3) is 0 Å². The Kier molecular flexibility index (Phi) is 7.25. The zero-order valence-electron chi connectivity index (χ0n) is 20.7. The highest BCUT2D eigenvalue weighted by Gasteiger charge is 2.28.